The van der Waals surface area contributed by atoms with Crippen molar-refractivity contribution in [1.82, 2.24) is 4.90 Å². The Morgan fingerprint density at radius 3 is 2.42 bits per heavy atom. The maximum Gasteiger partial charge on any atom is 0.328 e. The molecule has 2 bridgehead atoms. The van der Waals surface area contributed by atoms with Crippen molar-refractivity contribution in [3.8, 4) is 0 Å². The van der Waals surface area contributed by atoms with E-state index in [1.54, 1.807) is 6.92 Å². The molecule has 0 spiro atoms. The zero-order chi connectivity index (χ0) is 26.3. The summed E-state index contributed by atoms with van der Waals surface area (Å²) in [6.07, 6.45) is 13.3. The van der Waals surface area contributed by atoms with Gasteiger partial charge in [-0.05, 0) is 90.9 Å². The van der Waals surface area contributed by atoms with Crippen molar-refractivity contribution in [1.29, 1.82) is 0 Å². The van der Waals surface area contributed by atoms with Crippen LogP contribution in [0.2, 0.25) is 0 Å². The van der Waals surface area contributed by atoms with Crippen LogP contribution in [0.15, 0.2) is 12.2 Å². The lowest BCUT2D eigenvalue weighted by Gasteiger charge is -2.51. The van der Waals surface area contributed by atoms with Gasteiger partial charge in [0.05, 0.1) is 12.7 Å². The first-order valence-electron chi connectivity index (χ1n) is 14.0. The molecule has 4 atom stereocenters. The van der Waals surface area contributed by atoms with E-state index in [0.29, 0.717) is 38.5 Å². The number of carbonyl (C=O) groups excluding carboxylic acids is 4. The average Bonchev–Trinajstić information content (AvgIpc) is 2.83. The van der Waals surface area contributed by atoms with Crippen LogP contribution >= 0.6 is 0 Å². The Kier molecular flexibility index (Phi) is 9.90. The monoisotopic (exact) mass is 503 g/mol. The molecule has 1 amide bonds. The third-order valence-electron chi connectivity index (χ3n) is 8.54. The van der Waals surface area contributed by atoms with E-state index in [9.17, 15) is 19.2 Å². The number of ketones is 2. The Bertz CT molecular complexity index is 849. The highest BCUT2D eigenvalue weighted by molar-refractivity contribution is 6.39. The van der Waals surface area contributed by atoms with Gasteiger partial charge in [-0.2, -0.15) is 0 Å². The number of fused-ring (bicyclic) bond motifs is 3. The van der Waals surface area contributed by atoms with Crippen LogP contribution in [-0.4, -0.2) is 58.2 Å². The third kappa shape index (κ3) is 6.84. The first kappa shape index (κ1) is 28.5. The van der Waals surface area contributed by atoms with Gasteiger partial charge in [-0.15, -0.1) is 0 Å². The topological polar surface area (TPSA) is 90.0 Å². The van der Waals surface area contributed by atoms with Crippen molar-refractivity contribution in [3.05, 3.63) is 12.2 Å². The zero-order valence-corrected chi connectivity index (χ0v) is 22.7. The van der Waals surface area contributed by atoms with Crippen LogP contribution < -0.4 is 0 Å². The molecule has 7 nitrogen and oxygen atoms in total. The number of Topliss-reactive ketones (excluding diaryl/α,β-unsaturated/α-hetero) is 2. The molecule has 0 radical (unpaired) electrons. The summed E-state index contributed by atoms with van der Waals surface area (Å²) >= 11 is 0. The molecular weight excluding hydrogens is 458 g/mol. The van der Waals surface area contributed by atoms with Crippen molar-refractivity contribution in [2.75, 3.05) is 6.61 Å². The Hall–Kier alpha value is -2.02. The summed E-state index contributed by atoms with van der Waals surface area (Å²) in [6, 6.07) is -0.795. The van der Waals surface area contributed by atoms with E-state index in [1.807, 2.05) is 19.9 Å². The highest BCUT2D eigenvalue weighted by Gasteiger charge is 2.52. The Morgan fingerprint density at radius 1 is 0.889 bits per heavy atom. The number of carbonyl (C=O) groups is 4. The van der Waals surface area contributed by atoms with Gasteiger partial charge in [-0.3, -0.25) is 14.4 Å². The van der Waals surface area contributed by atoms with Gasteiger partial charge in [-0.1, -0.05) is 25.5 Å². The lowest BCUT2D eigenvalue weighted by Crippen LogP contribution is -2.65. The predicted molar refractivity (Wildman–Crippen MR) is 137 cm³/mol. The van der Waals surface area contributed by atoms with Gasteiger partial charge in [0.2, 0.25) is 0 Å². The zero-order valence-electron chi connectivity index (χ0n) is 22.7. The maximum atomic E-state index is 13.8. The molecule has 7 heteroatoms. The quantitative estimate of drug-likeness (QED) is 0.260. The molecule has 202 valence electrons. The van der Waals surface area contributed by atoms with Crippen molar-refractivity contribution in [3.63, 3.8) is 0 Å². The summed E-state index contributed by atoms with van der Waals surface area (Å²) in [5.41, 5.74) is -1.85. The van der Waals surface area contributed by atoms with E-state index in [1.165, 1.54) is 4.90 Å². The minimum Gasteiger partial charge on any atom is -0.464 e. The molecule has 4 unspecified atom stereocenters. The molecule has 0 aromatic carbocycles. The van der Waals surface area contributed by atoms with Gasteiger partial charge < -0.3 is 14.4 Å². The van der Waals surface area contributed by atoms with E-state index in [2.05, 4.69) is 13.0 Å². The first-order valence-corrected chi connectivity index (χ1v) is 14.0. The molecule has 3 aliphatic heterocycles. The lowest BCUT2D eigenvalue weighted by atomic mass is 9.76. The summed E-state index contributed by atoms with van der Waals surface area (Å²) in [7, 11) is 0. The van der Waals surface area contributed by atoms with Crippen molar-refractivity contribution in [2.24, 2.45) is 5.92 Å². The van der Waals surface area contributed by atoms with Gasteiger partial charge >= 0.3 is 5.97 Å². The number of amides is 1. The number of nitrogens with zero attached hydrogens (tertiary/aromatic N) is 1. The minimum atomic E-state index is -1.18. The summed E-state index contributed by atoms with van der Waals surface area (Å²) in [4.78, 5) is 54.2. The molecule has 0 aliphatic carbocycles. The number of hydrogen-bond donors (Lipinski definition) is 0. The van der Waals surface area contributed by atoms with E-state index in [-0.39, 0.29) is 24.4 Å². The largest absolute Gasteiger partial charge is 0.464 e. The maximum absolute atomic E-state index is 13.8. The van der Waals surface area contributed by atoms with Gasteiger partial charge in [0.25, 0.3) is 11.7 Å². The molecule has 2 fully saturated rings. The third-order valence-corrected chi connectivity index (χ3v) is 8.54. The van der Waals surface area contributed by atoms with Crippen molar-refractivity contribution >= 4 is 23.4 Å². The van der Waals surface area contributed by atoms with E-state index in [0.717, 1.165) is 44.9 Å². The van der Waals surface area contributed by atoms with Crippen LogP contribution in [0.3, 0.4) is 0 Å². The molecule has 2 saturated heterocycles. The number of rotatable bonds is 0. The lowest BCUT2D eigenvalue weighted by molar-refractivity contribution is -0.180. The standard InChI is InChI=1S/C29H45NO6/c1-21-17-18-24-27(34)35-20-11-10-14-22(31)13-8-6-5-7-9-15-23-16-12-19-29(4,36-23)25(32)26(33)30(24)28(21,2)3/h6,8,21,23-24H,5,7,9-20H2,1-4H3. The van der Waals surface area contributed by atoms with Crippen LogP contribution in [0.1, 0.15) is 111 Å². The molecule has 3 aliphatic rings. The molecule has 36 heavy (non-hydrogen) atoms. The van der Waals surface area contributed by atoms with Crippen molar-refractivity contribution < 1.29 is 28.7 Å². The van der Waals surface area contributed by atoms with Gasteiger partial charge in [-0.25, -0.2) is 4.79 Å². The first-order chi connectivity index (χ1) is 17.1. The number of esters is 1. The van der Waals surface area contributed by atoms with Crippen LogP contribution in [0.25, 0.3) is 0 Å². The van der Waals surface area contributed by atoms with Gasteiger partial charge in [0, 0.05) is 18.4 Å². The van der Waals surface area contributed by atoms with Crippen LogP contribution in [0.5, 0.6) is 0 Å². The second-order valence-corrected chi connectivity index (χ2v) is 11.6. The van der Waals surface area contributed by atoms with Crippen LogP contribution in [0.4, 0.5) is 0 Å². The Morgan fingerprint density at radius 2 is 1.64 bits per heavy atom. The van der Waals surface area contributed by atoms with Crippen LogP contribution in [-0.2, 0) is 28.7 Å². The average molecular weight is 504 g/mol. The Labute approximate surface area is 216 Å². The van der Waals surface area contributed by atoms with E-state index >= 15 is 0 Å². The number of hydrogen-bond acceptors (Lipinski definition) is 6. The molecular formula is C29H45NO6. The summed E-state index contributed by atoms with van der Waals surface area (Å²) in [6.45, 7) is 7.85. The fourth-order valence-electron chi connectivity index (χ4n) is 5.78. The molecule has 3 rings (SSSR count). The summed E-state index contributed by atoms with van der Waals surface area (Å²) in [5.74, 6) is -1.35. The number of cyclic esters (lactones) is 1. The van der Waals surface area contributed by atoms with Crippen LogP contribution in [0, 0.1) is 5.92 Å². The second kappa shape index (κ2) is 12.5. The number of allylic oxidation sites excluding steroid dienone is 2. The summed E-state index contributed by atoms with van der Waals surface area (Å²) < 4.78 is 11.9. The Balaban J connectivity index is 1.82. The fourth-order valence-corrected chi connectivity index (χ4v) is 5.78. The molecule has 0 saturated carbocycles. The van der Waals surface area contributed by atoms with E-state index < -0.39 is 34.8 Å². The van der Waals surface area contributed by atoms with E-state index in [4.69, 9.17) is 9.47 Å². The minimum absolute atomic E-state index is 0.0609. The molecule has 0 aromatic rings. The fraction of sp³-hybridized carbons (Fsp3) is 0.793. The second-order valence-electron chi connectivity index (χ2n) is 11.6. The molecule has 0 aromatic heterocycles. The van der Waals surface area contributed by atoms with Gasteiger partial charge in [0.1, 0.15) is 17.4 Å². The number of ether oxygens (including phenoxy) is 2. The molecule has 3 heterocycles. The highest BCUT2D eigenvalue weighted by Crippen LogP contribution is 2.39. The molecule has 0 N–H and O–H groups in total. The normalized spacial score (nSPS) is 33.9. The highest BCUT2D eigenvalue weighted by atomic mass is 16.5. The van der Waals surface area contributed by atoms with Gasteiger partial charge in [0.15, 0.2) is 0 Å². The predicted octanol–water partition coefficient (Wildman–Crippen LogP) is 5.09. The van der Waals surface area contributed by atoms with Crippen molar-refractivity contribution in [2.45, 2.75) is 134 Å². The SMILES string of the molecule is CC1CCC2C(=O)OCCCCC(=O)CC=CCCCCC3CCCC(C)(O3)C(=O)C(=O)N2C1(C)C. The smallest absolute Gasteiger partial charge is 0.328 e. The summed E-state index contributed by atoms with van der Waals surface area (Å²) in [5, 5.41) is 0. The number of piperidine rings is 1.